The van der Waals surface area contributed by atoms with Gasteiger partial charge < -0.3 is 10.3 Å². The molecular weight excluding hydrogens is 281 g/mol. The van der Waals surface area contributed by atoms with E-state index in [2.05, 4.69) is 4.98 Å². The Balaban J connectivity index is 2.13. The number of nitrogens with zero attached hydrogens (tertiary/aromatic N) is 2. The first kappa shape index (κ1) is 12.3. The standard InChI is InChI=1S/C14H11Cl2N3/c15-10-5-2-1-4-9(10)8-19-12-7-3-6-11(16)13(12)18-14(19)17/h1-7H,8H2,(H2,17,18). The summed E-state index contributed by atoms with van der Waals surface area (Å²) in [6.07, 6.45) is 0. The summed E-state index contributed by atoms with van der Waals surface area (Å²) < 4.78 is 1.91. The maximum absolute atomic E-state index is 6.18. The molecule has 0 spiro atoms. The molecule has 0 aliphatic carbocycles. The minimum absolute atomic E-state index is 0.433. The van der Waals surface area contributed by atoms with Crippen LogP contribution in [0.15, 0.2) is 42.5 Å². The number of nitrogens with two attached hydrogens (primary N) is 1. The Morgan fingerprint density at radius 1 is 1.00 bits per heavy atom. The van der Waals surface area contributed by atoms with Crippen molar-refractivity contribution in [1.29, 1.82) is 0 Å². The molecule has 0 atom stereocenters. The molecule has 3 nitrogen and oxygen atoms in total. The Morgan fingerprint density at radius 3 is 2.53 bits per heavy atom. The second-order valence-corrected chi connectivity index (χ2v) is 5.07. The minimum Gasteiger partial charge on any atom is -0.369 e. The highest BCUT2D eigenvalue weighted by atomic mass is 35.5. The average molecular weight is 292 g/mol. The van der Waals surface area contributed by atoms with Gasteiger partial charge in [0.05, 0.1) is 17.1 Å². The lowest BCUT2D eigenvalue weighted by molar-refractivity contribution is 0.839. The Morgan fingerprint density at radius 2 is 1.74 bits per heavy atom. The molecule has 96 valence electrons. The molecule has 0 radical (unpaired) electrons. The summed E-state index contributed by atoms with van der Waals surface area (Å²) in [5.41, 5.74) is 8.59. The first-order valence-electron chi connectivity index (χ1n) is 5.80. The molecule has 0 fully saturated rings. The normalized spacial score (nSPS) is 11.1. The molecule has 0 unspecified atom stereocenters. The monoisotopic (exact) mass is 291 g/mol. The number of benzene rings is 2. The molecule has 19 heavy (non-hydrogen) atoms. The highest BCUT2D eigenvalue weighted by Gasteiger charge is 2.11. The van der Waals surface area contributed by atoms with Crippen LogP contribution in [-0.4, -0.2) is 9.55 Å². The average Bonchev–Trinajstić information content (AvgIpc) is 2.71. The number of imidazole rings is 1. The van der Waals surface area contributed by atoms with Crippen molar-refractivity contribution in [1.82, 2.24) is 9.55 Å². The van der Waals surface area contributed by atoms with Crippen LogP contribution < -0.4 is 5.73 Å². The number of hydrogen-bond donors (Lipinski definition) is 1. The van der Waals surface area contributed by atoms with Crippen molar-refractivity contribution in [2.24, 2.45) is 0 Å². The van der Waals surface area contributed by atoms with E-state index in [1.165, 1.54) is 0 Å². The molecule has 2 aromatic carbocycles. The summed E-state index contributed by atoms with van der Waals surface area (Å²) in [6.45, 7) is 0.572. The van der Waals surface area contributed by atoms with Crippen LogP contribution in [0.4, 0.5) is 5.95 Å². The first-order valence-corrected chi connectivity index (χ1v) is 6.56. The van der Waals surface area contributed by atoms with Crippen molar-refractivity contribution >= 4 is 40.2 Å². The third-order valence-electron chi connectivity index (χ3n) is 3.05. The lowest BCUT2D eigenvalue weighted by atomic mass is 10.2. The summed E-state index contributed by atoms with van der Waals surface area (Å²) in [5, 5.41) is 1.31. The smallest absolute Gasteiger partial charge is 0.201 e. The number of fused-ring (bicyclic) bond motifs is 1. The van der Waals surface area contributed by atoms with E-state index in [4.69, 9.17) is 28.9 Å². The fourth-order valence-electron chi connectivity index (χ4n) is 2.09. The Bertz CT molecular complexity index is 750. The van der Waals surface area contributed by atoms with Crippen LogP contribution in [-0.2, 0) is 6.54 Å². The zero-order valence-corrected chi connectivity index (χ0v) is 11.5. The van der Waals surface area contributed by atoms with Crippen molar-refractivity contribution in [3.8, 4) is 0 Å². The van der Waals surface area contributed by atoms with Crippen LogP contribution in [0.5, 0.6) is 0 Å². The summed E-state index contributed by atoms with van der Waals surface area (Å²) in [5.74, 6) is 0.433. The fourth-order valence-corrected chi connectivity index (χ4v) is 2.50. The van der Waals surface area contributed by atoms with Gasteiger partial charge in [-0.3, -0.25) is 0 Å². The van der Waals surface area contributed by atoms with Crippen LogP contribution in [0.3, 0.4) is 0 Å². The lowest BCUT2D eigenvalue weighted by Crippen LogP contribution is -2.04. The molecule has 2 N–H and O–H groups in total. The van der Waals surface area contributed by atoms with Crippen LogP contribution in [0.1, 0.15) is 5.56 Å². The number of halogens is 2. The first-order chi connectivity index (χ1) is 9.16. The molecule has 1 aromatic heterocycles. The molecule has 0 bridgehead atoms. The molecule has 0 saturated carbocycles. The molecule has 0 aliphatic rings. The van der Waals surface area contributed by atoms with E-state index in [1.54, 1.807) is 6.07 Å². The third-order valence-corrected chi connectivity index (χ3v) is 3.72. The van der Waals surface area contributed by atoms with Crippen LogP contribution >= 0.6 is 23.2 Å². The van der Waals surface area contributed by atoms with Crippen LogP contribution in [0, 0.1) is 0 Å². The van der Waals surface area contributed by atoms with Gasteiger partial charge in [-0.15, -0.1) is 0 Å². The molecule has 0 saturated heterocycles. The largest absolute Gasteiger partial charge is 0.369 e. The van der Waals surface area contributed by atoms with Gasteiger partial charge in [0.25, 0.3) is 0 Å². The SMILES string of the molecule is Nc1nc2c(Cl)cccc2n1Cc1ccccc1Cl. The van der Waals surface area contributed by atoms with Gasteiger partial charge in [-0.05, 0) is 23.8 Å². The number of nitrogen functional groups attached to an aromatic ring is 1. The van der Waals surface area contributed by atoms with Crippen LogP contribution in [0.2, 0.25) is 10.0 Å². The molecule has 0 amide bonds. The highest BCUT2D eigenvalue weighted by Crippen LogP contribution is 2.26. The molecule has 3 rings (SSSR count). The Kier molecular flexibility index (Phi) is 3.09. The summed E-state index contributed by atoms with van der Waals surface area (Å²) in [6, 6.07) is 13.3. The topological polar surface area (TPSA) is 43.8 Å². The number of hydrogen-bond acceptors (Lipinski definition) is 2. The van der Waals surface area contributed by atoms with Gasteiger partial charge in [-0.25, -0.2) is 4.98 Å². The van der Waals surface area contributed by atoms with Crippen molar-refractivity contribution < 1.29 is 0 Å². The minimum atomic E-state index is 0.433. The second kappa shape index (κ2) is 4.76. The maximum atomic E-state index is 6.18. The molecule has 0 aliphatic heterocycles. The van der Waals surface area contributed by atoms with Crippen molar-refractivity contribution in [3.63, 3.8) is 0 Å². The van der Waals surface area contributed by atoms with Crippen molar-refractivity contribution in [3.05, 3.63) is 58.1 Å². The van der Waals surface area contributed by atoms with E-state index in [1.807, 2.05) is 41.0 Å². The number of para-hydroxylation sites is 1. The molecule has 5 heteroatoms. The van der Waals surface area contributed by atoms with E-state index >= 15 is 0 Å². The van der Waals surface area contributed by atoms with E-state index in [0.717, 1.165) is 11.1 Å². The second-order valence-electron chi connectivity index (χ2n) is 4.26. The fraction of sp³-hybridized carbons (Fsp3) is 0.0714. The van der Waals surface area contributed by atoms with E-state index in [-0.39, 0.29) is 0 Å². The van der Waals surface area contributed by atoms with E-state index in [0.29, 0.717) is 28.1 Å². The summed E-state index contributed by atoms with van der Waals surface area (Å²) in [7, 11) is 0. The zero-order valence-electron chi connectivity index (χ0n) is 9.98. The summed E-state index contributed by atoms with van der Waals surface area (Å²) >= 11 is 12.3. The van der Waals surface area contributed by atoms with Gasteiger partial charge in [0.15, 0.2) is 0 Å². The highest BCUT2D eigenvalue weighted by molar-refractivity contribution is 6.35. The van der Waals surface area contributed by atoms with Gasteiger partial charge in [0.1, 0.15) is 5.52 Å². The summed E-state index contributed by atoms with van der Waals surface area (Å²) in [4.78, 5) is 4.30. The zero-order chi connectivity index (χ0) is 13.4. The number of aromatic nitrogens is 2. The lowest BCUT2D eigenvalue weighted by Gasteiger charge is -2.08. The number of anilines is 1. The predicted molar refractivity (Wildman–Crippen MR) is 79.7 cm³/mol. The van der Waals surface area contributed by atoms with Gasteiger partial charge in [0.2, 0.25) is 5.95 Å². The van der Waals surface area contributed by atoms with Gasteiger partial charge in [-0.2, -0.15) is 0 Å². The van der Waals surface area contributed by atoms with Gasteiger partial charge in [0, 0.05) is 5.02 Å². The maximum Gasteiger partial charge on any atom is 0.201 e. The Labute approximate surface area is 120 Å². The number of rotatable bonds is 2. The molecular formula is C14H11Cl2N3. The van der Waals surface area contributed by atoms with Gasteiger partial charge in [-0.1, -0.05) is 47.5 Å². The van der Waals surface area contributed by atoms with Crippen LogP contribution in [0.25, 0.3) is 11.0 Å². The quantitative estimate of drug-likeness (QED) is 0.776. The Hall–Kier alpha value is -1.71. The molecule has 1 heterocycles. The third kappa shape index (κ3) is 2.15. The van der Waals surface area contributed by atoms with Crippen molar-refractivity contribution in [2.45, 2.75) is 6.54 Å². The van der Waals surface area contributed by atoms with Gasteiger partial charge >= 0.3 is 0 Å². The predicted octanol–water partition coefficient (Wildman–Crippen LogP) is 3.97. The molecule has 3 aromatic rings. The van der Waals surface area contributed by atoms with Crippen molar-refractivity contribution in [2.75, 3.05) is 5.73 Å². The van der Waals surface area contributed by atoms with E-state index in [9.17, 15) is 0 Å². The van der Waals surface area contributed by atoms with E-state index < -0.39 is 0 Å².